The van der Waals surface area contributed by atoms with Crippen LogP contribution in [0.1, 0.15) is 19.3 Å². The molecule has 0 unspecified atom stereocenters. The largest absolute Gasteiger partial charge is 0.497 e. The van der Waals surface area contributed by atoms with Crippen molar-refractivity contribution in [3.05, 3.63) is 52.8 Å². The summed E-state index contributed by atoms with van der Waals surface area (Å²) in [5, 5.41) is 2.84. The van der Waals surface area contributed by atoms with Crippen molar-refractivity contribution in [2.75, 3.05) is 37.5 Å². The number of carbonyl (C=O) groups excluding carboxylic acids is 1. The summed E-state index contributed by atoms with van der Waals surface area (Å²) in [4.78, 5) is 32.8. The molecule has 162 valence electrons. The third kappa shape index (κ3) is 4.47. The topological polar surface area (TPSA) is 85.7 Å². The zero-order chi connectivity index (χ0) is 21.8. The predicted molar refractivity (Wildman–Crippen MR) is 120 cm³/mol. The first-order chi connectivity index (χ1) is 15.1. The maximum Gasteiger partial charge on any atom is 0.294 e. The van der Waals surface area contributed by atoms with E-state index in [1.54, 1.807) is 32.4 Å². The van der Waals surface area contributed by atoms with Gasteiger partial charge in [-0.25, -0.2) is 4.98 Å². The van der Waals surface area contributed by atoms with E-state index >= 15 is 0 Å². The van der Waals surface area contributed by atoms with Gasteiger partial charge in [0.15, 0.2) is 5.82 Å². The molecule has 1 aliphatic rings. The Bertz CT molecular complexity index is 1130. The number of para-hydroxylation sites is 2. The van der Waals surface area contributed by atoms with Crippen LogP contribution < -0.4 is 25.2 Å². The maximum absolute atomic E-state index is 13.3. The van der Waals surface area contributed by atoms with E-state index in [9.17, 15) is 9.59 Å². The summed E-state index contributed by atoms with van der Waals surface area (Å²) < 4.78 is 12.0. The molecule has 0 saturated carbocycles. The average molecular weight is 422 g/mol. The molecule has 1 N–H and O–H groups in total. The summed E-state index contributed by atoms with van der Waals surface area (Å²) in [6.45, 7) is 1.48. The van der Waals surface area contributed by atoms with Crippen molar-refractivity contribution < 1.29 is 14.3 Å². The number of benzene rings is 2. The first-order valence-electron chi connectivity index (χ1n) is 10.4. The fourth-order valence-electron chi connectivity index (χ4n) is 3.87. The van der Waals surface area contributed by atoms with Crippen LogP contribution >= 0.6 is 0 Å². The van der Waals surface area contributed by atoms with E-state index in [0.29, 0.717) is 34.0 Å². The van der Waals surface area contributed by atoms with Crippen LogP contribution in [0, 0.1) is 0 Å². The number of hydrogen-bond donors (Lipinski definition) is 1. The second-order valence-corrected chi connectivity index (χ2v) is 7.51. The summed E-state index contributed by atoms with van der Waals surface area (Å²) >= 11 is 0. The van der Waals surface area contributed by atoms with Crippen molar-refractivity contribution in [1.82, 2.24) is 9.55 Å². The molecule has 0 aliphatic carbocycles. The van der Waals surface area contributed by atoms with Gasteiger partial charge in [0.2, 0.25) is 5.91 Å². The molecular formula is C23H26N4O4. The SMILES string of the molecule is COc1cc(NC(=O)Cn2c(=O)c(N3CCCCC3)nc3ccccc32)cc(OC)c1. The van der Waals surface area contributed by atoms with Crippen LogP contribution in [0.25, 0.3) is 11.0 Å². The van der Waals surface area contributed by atoms with Gasteiger partial charge in [-0.2, -0.15) is 0 Å². The second kappa shape index (κ2) is 9.07. The molecule has 8 nitrogen and oxygen atoms in total. The standard InChI is InChI=1S/C23H26N4O4/c1-30-17-12-16(13-18(14-17)31-2)24-21(28)15-27-20-9-5-4-8-19(20)25-22(23(27)29)26-10-6-3-7-11-26/h4-5,8-9,12-14H,3,6-7,10-11,15H2,1-2H3,(H,24,28). The smallest absolute Gasteiger partial charge is 0.294 e. The predicted octanol–water partition coefficient (Wildman–Crippen LogP) is 3.04. The monoisotopic (exact) mass is 422 g/mol. The number of carbonyl (C=O) groups is 1. The van der Waals surface area contributed by atoms with Crippen molar-refractivity contribution in [2.45, 2.75) is 25.8 Å². The molecule has 4 rings (SSSR count). The molecule has 3 aromatic rings. The molecule has 1 aliphatic heterocycles. The molecule has 2 aromatic carbocycles. The zero-order valence-electron chi connectivity index (χ0n) is 17.8. The van der Waals surface area contributed by atoms with Gasteiger partial charge in [0, 0.05) is 37.0 Å². The lowest BCUT2D eigenvalue weighted by Gasteiger charge is -2.27. The summed E-state index contributed by atoms with van der Waals surface area (Å²) in [5.41, 5.74) is 1.60. The number of ether oxygens (including phenoxy) is 2. The van der Waals surface area contributed by atoms with Crippen LogP contribution in [0.15, 0.2) is 47.3 Å². The Kier molecular flexibility index (Phi) is 6.06. The van der Waals surface area contributed by atoms with Crippen LogP contribution in [-0.4, -0.2) is 42.8 Å². The average Bonchev–Trinajstić information content (AvgIpc) is 2.81. The van der Waals surface area contributed by atoms with E-state index in [4.69, 9.17) is 9.47 Å². The molecule has 2 heterocycles. The second-order valence-electron chi connectivity index (χ2n) is 7.51. The minimum absolute atomic E-state index is 0.123. The highest BCUT2D eigenvalue weighted by molar-refractivity contribution is 5.92. The Morgan fingerprint density at radius 2 is 1.71 bits per heavy atom. The van der Waals surface area contributed by atoms with E-state index in [1.807, 2.05) is 29.2 Å². The molecule has 1 saturated heterocycles. The van der Waals surface area contributed by atoms with Crippen LogP contribution in [0.2, 0.25) is 0 Å². The van der Waals surface area contributed by atoms with Gasteiger partial charge in [0.05, 0.1) is 25.3 Å². The molecule has 8 heteroatoms. The Balaban J connectivity index is 1.66. The number of aromatic nitrogens is 2. The Labute approximate surface area is 180 Å². The summed E-state index contributed by atoms with van der Waals surface area (Å²) in [7, 11) is 3.09. The molecule has 1 amide bonds. The van der Waals surface area contributed by atoms with Crippen LogP contribution in [0.4, 0.5) is 11.5 Å². The van der Waals surface area contributed by atoms with E-state index < -0.39 is 0 Å². The third-order valence-corrected chi connectivity index (χ3v) is 5.43. The maximum atomic E-state index is 13.3. The highest BCUT2D eigenvalue weighted by Crippen LogP contribution is 2.26. The summed E-state index contributed by atoms with van der Waals surface area (Å²) in [5.74, 6) is 1.22. The van der Waals surface area contributed by atoms with Crippen molar-refractivity contribution in [2.24, 2.45) is 0 Å². The van der Waals surface area contributed by atoms with Crippen molar-refractivity contribution in [3.63, 3.8) is 0 Å². The van der Waals surface area contributed by atoms with Gasteiger partial charge in [0.1, 0.15) is 18.0 Å². The van der Waals surface area contributed by atoms with Crippen molar-refractivity contribution in [3.8, 4) is 11.5 Å². The number of fused-ring (bicyclic) bond motifs is 1. The van der Waals surface area contributed by atoms with Crippen LogP contribution in [-0.2, 0) is 11.3 Å². The van der Waals surface area contributed by atoms with Gasteiger partial charge in [-0.05, 0) is 31.4 Å². The van der Waals surface area contributed by atoms with E-state index in [-0.39, 0.29) is 18.0 Å². The Morgan fingerprint density at radius 1 is 1.03 bits per heavy atom. The van der Waals surface area contributed by atoms with Gasteiger partial charge in [-0.15, -0.1) is 0 Å². The van der Waals surface area contributed by atoms with E-state index in [2.05, 4.69) is 10.3 Å². The van der Waals surface area contributed by atoms with Gasteiger partial charge >= 0.3 is 0 Å². The number of amides is 1. The van der Waals surface area contributed by atoms with Gasteiger partial charge in [-0.1, -0.05) is 12.1 Å². The van der Waals surface area contributed by atoms with Crippen LogP contribution in [0.5, 0.6) is 11.5 Å². The van der Waals surface area contributed by atoms with Crippen molar-refractivity contribution in [1.29, 1.82) is 0 Å². The number of methoxy groups -OCH3 is 2. The normalized spacial score (nSPS) is 13.8. The number of nitrogens with zero attached hydrogens (tertiary/aromatic N) is 3. The highest BCUT2D eigenvalue weighted by Gasteiger charge is 2.20. The first-order valence-corrected chi connectivity index (χ1v) is 10.4. The zero-order valence-corrected chi connectivity index (χ0v) is 17.8. The summed E-state index contributed by atoms with van der Waals surface area (Å²) in [6, 6.07) is 12.5. The highest BCUT2D eigenvalue weighted by atomic mass is 16.5. The van der Waals surface area contributed by atoms with Crippen LogP contribution in [0.3, 0.4) is 0 Å². The third-order valence-electron chi connectivity index (χ3n) is 5.43. The molecular weight excluding hydrogens is 396 g/mol. The molecule has 1 aromatic heterocycles. The minimum Gasteiger partial charge on any atom is -0.497 e. The Hall–Kier alpha value is -3.55. The van der Waals surface area contributed by atoms with Gasteiger partial charge in [-0.3, -0.25) is 14.2 Å². The first kappa shape index (κ1) is 20.7. The Morgan fingerprint density at radius 3 is 2.39 bits per heavy atom. The molecule has 0 bridgehead atoms. The lowest BCUT2D eigenvalue weighted by atomic mass is 10.1. The number of anilines is 2. The molecule has 31 heavy (non-hydrogen) atoms. The number of hydrogen-bond acceptors (Lipinski definition) is 6. The molecule has 0 atom stereocenters. The summed E-state index contributed by atoms with van der Waals surface area (Å²) in [6.07, 6.45) is 3.23. The van der Waals surface area contributed by atoms with Gasteiger partial charge < -0.3 is 19.7 Å². The molecule has 0 spiro atoms. The van der Waals surface area contributed by atoms with Crippen molar-refractivity contribution >= 4 is 28.4 Å². The number of nitrogens with one attached hydrogen (secondary N) is 1. The molecule has 0 radical (unpaired) electrons. The quantitative estimate of drug-likeness (QED) is 0.657. The number of rotatable bonds is 6. The number of piperidine rings is 1. The van der Waals surface area contributed by atoms with E-state index in [0.717, 1.165) is 32.4 Å². The van der Waals surface area contributed by atoms with E-state index in [1.165, 1.54) is 4.57 Å². The minimum atomic E-state index is -0.321. The van der Waals surface area contributed by atoms with Gasteiger partial charge in [0.25, 0.3) is 5.56 Å². The fourth-order valence-corrected chi connectivity index (χ4v) is 3.87. The fraction of sp³-hybridized carbons (Fsp3) is 0.348. The lowest BCUT2D eigenvalue weighted by Crippen LogP contribution is -2.38. The lowest BCUT2D eigenvalue weighted by molar-refractivity contribution is -0.116. The molecule has 1 fully saturated rings.